The number of aromatic nitrogens is 2. The lowest BCUT2D eigenvalue weighted by Crippen LogP contribution is -2.62. The van der Waals surface area contributed by atoms with Gasteiger partial charge in [0, 0.05) is 18.0 Å². The SMILES string of the molecule is CC(C)(C)[Si](C)(C)OC[C@H]1O[C@@H](n2ccc(=O)[nH]c2=O)[C@H](O[Si](C)(C)C(C)(C)C)[C@]12N[C@H](C(N)=O)CS2. The summed E-state index contributed by atoms with van der Waals surface area (Å²) in [5.41, 5.74) is 4.64. The summed E-state index contributed by atoms with van der Waals surface area (Å²) >= 11 is 1.53. The lowest BCUT2D eigenvalue weighted by atomic mass is 10.1. The van der Waals surface area contributed by atoms with Gasteiger partial charge in [-0.25, -0.2) is 4.79 Å². The Morgan fingerprint density at radius 3 is 2.24 bits per heavy atom. The first-order valence-corrected chi connectivity index (χ1v) is 19.5. The second-order valence-corrected chi connectivity index (χ2v) is 24.0. The van der Waals surface area contributed by atoms with Crippen LogP contribution in [0.15, 0.2) is 21.9 Å². The number of ether oxygens (including phenoxy) is 1. The molecule has 1 aromatic heterocycles. The molecule has 2 fully saturated rings. The number of carbonyl (C=O) groups excluding carboxylic acids is 1. The normalized spacial score (nSPS) is 29.2. The highest BCUT2D eigenvalue weighted by Gasteiger charge is 2.64. The van der Waals surface area contributed by atoms with E-state index in [0.29, 0.717) is 5.75 Å². The Hall–Kier alpha value is -1.23. The molecule has 0 unspecified atom stereocenters. The zero-order valence-corrected chi connectivity index (χ0v) is 26.6. The minimum absolute atomic E-state index is 0.0168. The fourth-order valence-electron chi connectivity index (χ4n) is 3.96. The predicted molar refractivity (Wildman–Crippen MR) is 152 cm³/mol. The third-order valence-electron chi connectivity index (χ3n) is 8.45. The van der Waals surface area contributed by atoms with Crippen LogP contribution in [0.25, 0.3) is 0 Å². The molecule has 0 aromatic carbocycles. The molecule has 1 spiro atoms. The molecule has 10 nitrogen and oxygen atoms in total. The predicted octanol–water partition coefficient (Wildman–Crippen LogP) is 2.73. The van der Waals surface area contributed by atoms with Crippen LogP contribution in [-0.4, -0.2) is 67.6 Å². The molecular weight excluding hydrogens is 529 g/mol. The molecular formula is C24H44N4O6SSi2. The quantitative estimate of drug-likeness (QED) is 0.424. The minimum Gasteiger partial charge on any atom is -0.414 e. The Morgan fingerprint density at radius 1 is 1.16 bits per heavy atom. The van der Waals surface area contributed by atoms with Crippen molar-refractivity contribution in [3.8, 4) is 0 Å². The molecule has 3 rings (SSSR count). The summed E-state index contributed by atoms with van der Waals surface area (Å²) in [5.74, 6) is -0.0101. The van der Waals surface area contributed by atoms with Crippen molar-refractivity contribution in [2.75, 3.05) is 12.4 Å². The van der Waals surface area contributed by atoms with E-state index in [2.05, 4.69) is 78.0 Å². The highest BCUT2D eigenvalue weighted by molar-refractivity contribution is 8.01. The molecule has 1 amide bonds. The van der Waals surface area contributed by atoms with Gasteiger partial charge in [-0.1, -0.05) is 41.5 Å². The van der Waals surface area contributed by atoms with Gasteiger partial charge in [0.15, 0.2) is 22.9 Å². The molecule has 37 heavy (non-hydrogen) atoms. The molecule has 13 heteroatoms. The minimum atomic E-state index is -2.40. The lowest BCUT2D eigenvalue weighted by molar-refractivity contribution is -0.119. The van der Waals surface area contributed by atoms with Crippen LogP contribution in [-0.2, 0) is 18.4 Å². The van der Waals surface area contributed by atoms with Gasteiger partial charge in [0.25, 0.3) is 5.56 Å². The van der Waals surface area contributed by atoms with Gasteiger partial charge < -0.3 is 19.3 Å². The van der Waals surface area contributed by atoms with Crippen LogP contribution in [0.1, 0.15) is 47.8 Å². The number of aromatic amines is 1. The maximum atomic E-state index is 12.9. The summed E-state index contributed by atoms with van der Waals surface area (Å²) in [6, 6.07) is 0.711. The Bertz CT molecular complexity index is 1130. The molecule has 0 radical (unpaired) electrons. The maximum Gasteiger partial charge on any atom is 0.330 e. The van der Waals surface area contributed by atoms with Crippen LogP contribution in [0.3, 0.4) is 0 Å². The van der Waals surface area contributed by atoms with Crippen molar-refractivity contribution in [2.24, 2.45) is 5.73 Å². The van der Waals surface area contributed by atoms with Gasteiger partial charge >= 0.3 is 5.69 Å². The molecule has 3 heterocycles. The monoisotopic (exact) mass is 572 g/mol. The Labute approximate surface area is 225 Å². The van der Waals surface area contributed by atoms with Crippen LogP contribution in [0.5, 0.6) is 0 Å². The second-order valence-electron chi connectivity index (χ2n) is 13.1. The van der Waals surface area contributed by atoms with Crippen molar-refractivity contribution in [3.05, 3.63) is 33.1 Å². The molecule has 4 N–H and O–H groups in total. The molecule has 0 saturated carbocycles. The number of hydrogen-bond acceptors (Lipinski definition) is 8. The standard InChI is InChI=1S/C24H44N4O6SSi2/c1-22(2,3)36(7,8)32-13-16-24(27-15(14-35-24)19(25)30)18(34-37(9,10)23(4,5)6)20(33-16)28-12-11-17(29)26-21(28)31/h11-12,15-16,18,20,27H,13-14H2,1-10H3,(H2,25,30)(H,26,29,31)/t15-,16+,18-,20+,24-/m0/s1. The summed E-state index contributed by atoms with van der Waals surface area (Å²) in [4.78, 5) is 38.4. The summed E-state index contributed by atoms with van der Waals surface area (Å²) in [7, 11) is -4.56. The van der Waals surface area contributed by atoms with Crippen LogP contribution in [0.2, 0.25) is 36.3 Å². The molecule has 5 atom stereocenters. The zero-order valence-electron chi connectivity index (χ0n) is 23.8. The maximum absolute atomic E-state index is 12.9. The first-order valence-electron chi connectivity index (χ1n) is 12.7. The number of nitrogens with one attached hydrogen (secondary N) is 2. The van der Waals surface area contributed by atoms with E-state index in [0.717, 1.165) is 0 Å². The van der Waals surface area contributed by atoms with Gasteiger partial charge in [-0.05, 0) is 36.3 Å². The number of nitrogens with two attached hydrogens (primary N) is 1. The summed E-state index contributed by atoms with van der Waals surface area (Å²) in [6.07, 6.45) is -0.615. The fourth-order valence-corrected chi connectivity index (χ4v) is 7.89. The Balaban J connectivity index is 2.13. The van der Waals surface area contributed by atoms with Crippen molar-refractivity contribution in [3.63, 3.8) is 0 Å². The number of thioether (sulfide) groups is 1. The van der Waals surface area contributed by atoms with Crippen molar-refractivity contribution < 1.29 is 18.4 Å². The molecule has 2 aliphatic heterocycles. The van der Waals surface area contributed by atoms with E-state index in [1.165, 1.54) is 28.6 Å². The molecule has 1 aromatic rings. The first kappa shape index (κ1) is 30.3. The number of rotatable bonds is 7. The third kappa shape index (κ3) is 5.87. The van der Waals surface area contributed by atoms with Gasteiger partial charge in [0.1, 0.15) is 17.1 Å². The van der Waals surface area contributed by atoms with E-state index in [1.54, 1.807) is 0 Å². The summed E-state index contributed by atoms with van der Waals surface area (Å²) in [5, 5.41) is 3.31. The lowest BCUT2D eigenvalue weighted by Gasteiger charge is -2.44. The number of primary amides is 1. The largest absolute Gasteiger partial charge is 0.414 e. The Kier molecular flexibility index (Phi) is 8.25. The fraction of sp³-hybridized carbons (Fsp3) is 0.792. The van der Waals surface area contributed by atoms with Gasteiger partial charge in [-0.2, -0.15) is 0 Å². The van der Waals surface area contributed by atoms with Gasteiger partial charge in [0.05, 0.1) is 12.6 Å². The summed E-state index contributed by atoms with van der Waals surface area (Å²) in [6.45, 7) is 21.8. The number of H-pyrrole nitrogens is 1. The number of hydrogen-bond donors (Lipinski definition) is 3. The highest BCUT2D eigenvalue weighted by Crippen LogP contribution is 2.52. The smallest absolute Gasteiger partial charge is 0.330 e. The third-order valence-corrected chi connectivity index (χ3v) is 19.0. The molecule has 2 saturated heterocycles. The Morgan fingerprint density at radius 2 is 1.76 bits per heavy atom. The molecule has 2 aliphatic rings. The van der Waals surface area contributed by atoms with Crippen LogP contribution in [0, 0.1) is 0 Å². The zero-order chi connectivity index (χ0) is 28.2. The average Bonchev–Trinajstić information content (AvgIpc) is 3.29. The number of carbonyl (C=O) groups is 1. The van der Waals surface area contributed by atoms with E-state index in [9.17, 15) is 14.4 Å². The number of amides is 1. The van der Waals surface area contributed by atoms with Gasteiger partial charge in [-0.15, -0.1) is 11.8 Å². The molecule has 0 aliphatic carbocycles. The second kappa shape index (κ2) is 10.1. The van der Waals surface area contributed by atoms with Crippen LogP contribution in [0.4, 0.5) is 0 Å². The van der Waals surface area contributed by atoms with E-state index in [1.807, 2.05) is 0 Å². The van der Waals surface area contributed by atoms with E-state index in [4.69, 9.17) is 19.3 Å². The van der Waals surface area contributed by atoms with Crippen LogP contribution >= 0.6 is 11.8 Å². The van der Waals surface area contributed by atoms with Crippen molar-refractivity contribution in [2.45, 2.75) is 107 Å². The number of nitrogens with zero attached hydrogens (tertiary/aromatic N) is 1. The van der Waals surface area contributed by atoms with Crippen LogP contribution < -0.4 is 22.3 Å². The average molecular weight is 573 g/mol. The first-order chi connectivity index (χ1) is 16.7. The van der Waals surface area contributed by atoms with Gasteiger partial charge in [0.2, 0.25) is 5.91 Å². The summed E-state index contributed by atoms with van der Waals surface area (Å²) < 4.78 is 21.6. The van der Waals surface area contributed by atoms with Crippen molar-refractivity contribution in [1.29, 1.82) is 0 Å². The van der Waals surface area contributed by atoms with E-state index in [-0.39, 0.29) is 16.7 Å². The highest BCUT2D eigenvalue weighted by atomic mass is 32.2. The molecule has 0 bridgehead atoms. The molecule has 210 valence electrons. The van der Waals surface area contributed by atoms with Gasteiger partial charge in [-0.3, -0.25) is 24.5 Å². The topological polar surface area (TPSA) is 138 Å². The van der Waals surface area contributed by atoms with Crippen molar-refractivity contribution in [1.82, 2.24) is 14.9 Å². The van der Waals surface area contributed by atoms with E-state index < -0.39 is 63.1 Å². The van der Waals surface area contributed by atoms with E-state index >= 15 is 0 Å². The van der Waals surface area contributed by atoms with Crippen molar-refractivity contribution >= 4 is 34.3 Å².